The highest BCUT2D eigenvalue weighted by molar-refractivity contribution is 5.99. The zero-order valence-electron chi connectivity index (χ0n) is 18.1. The van der Waals surface area contributed by atoms with Crippen LogP contribution in [-0.2, 0) is 4.79 Å². The lowest BCUT2D eigenvalue weighted by Crippen LogP contribution is -2.19. The number of nitrogens with one attached hydrogen (secondary N) is 2. The minimum Gasteiger partial charge on any atom is -0.497 e. The van der Waals surface area contributed by atoms with Crippen molar-refractivity contribution in [2.45, 2.75) is 6.92 Å². The van der Waals surface area contributed by atoms with Gasteiger partial charge < -0.3 is 15.8 Å². The topological polar surface area (TPSA) is 175 Å². The summed E-state index contributed by atoms with van der Waals surface area (Å²) < 4.78 is 11.2. The summed E-state index contributed by atoms with van der Waals surface area (Å²) >= 11 is 0. The Morgan fingerprint density at radius 1 is 1.18 bits per heavy atom. The number of rotatable bonds is 7. The van der Waals surface area contributed by atoms with E-state index in [0.717, 1.165) is 0 Å². The van der Waals surface area contributed by atoms with Crippen LogP contribution in [0.15, 0.2) is 58.3 Å². The Bertz CT molecular complexity index is 1360. The lowest BCUT2D eigenvalue weighted by molar-refractivity contribution is -0.114. The predicted molar refractivity (Wildman–Crippen MR) is 121 cm³/mol. The largest absolute Gasteiger partial charge is 0.497 e. The monoisotopic (exact) mass is 461 g/mol. The van der Waals surface area contributed by atoms with Crippen molar-refractivity contribution in [3.05, 3.63) is 59.8 Å². The Hall–Kier alpha value is -5.07. The summed E-state index contributed by atoms with van der Waals surface area (Å²) in [4.78, 5) is 24.0. The Balaban J connectivity index is 1.61. The predicted octanol–water partition coefficient (Wildman–Crippen LogP) is 1.63. The van der Waals surface area contributed by atoms with Gasteiger partial charge in [0.2, 0.25) is 17.5 Å². The third-order valence-corrected chi connectivity index (χ3v) is 4.54. The second-order valence-electron chi connectivity index (χ2n) is 6.91. The number of hydrogen-bond donors (Lipinski definition) is 3. The fraction of sp³-hybridized carbons (Fsp3) is 0.0952. The van der Waals surface area contributed by atoms with Crippen molar-refractivity contribution in [2.24, 2.45) is 5.10 Å². The average molecular weight is 461 g/mol. The van der Waals surface area contributed by atoms with Crippen molar-refractivity contribution in [3.63, 3.8) is 0 Å². The number of aromatic nitrogens is 5. The molecule has 0 radical (unpaired) electrons. The lowest BCUT2D eigenvalue weighted by atomic mass is 10.1. The molecule has 0 unspecified atom stereocenters. The molecule has 0 bridgehead atoms. The molecule has 172 valence electrons. The maximum atomic E-state index is 12.9. The molecule has 13 nitrogen and oxygen atoms in total. The number of amides is 2. The molecule has 2 aromatic carbocycles. The molecule has 0 atom stereocenters. The smallest absolute Gasteiger partial charge is 0.294 e. The molecule has 0 fully saturated rings. The molecule has 4 aromatic rings. The zero-order valence-corrected chi connectivity index (χ0v) is 18.1. The highest BCUT2D eigenvalue weighted by atomic mass is 16.6. The number of carbonyl (C=O) groups excluding carboxylic acids is 2. The van der Waals surface area contributed by atoms with E-state index in [1.807, 2.05) is 0 Å². The van der Waals surface area contributed by atoms with Gasteiger partial charge in [0.15, 0.2) is 5.69 Å². The molecule has 4 N–H and O–H groups in total. The van der Waals surface area contributed by atoms with Crippen LogP contribution < -0.4 is 21.2 Å². The van der Waals surface area contributed by atoms with Gasteiger partial charge in [0.1, 0.15) is 11.4 Å². The number of nitrogen functional groups attached to an aromatic ring is 1. The quantitative estimate of drug-likeness (QED) is 0.273. The maximum absolute atomic E-state index is 12.9. The van der Waals surface area contributed by atoms with Crippen molar-refractivity contribution in [1.29, 1.82) is 0 Å². The van der Waals surface area contributed by atoms with E-state index in [1.54, 1.807) is 48.5 Å². The van der Waals surface area contributed by atoms with E-state index in [0.29, 0.717) is 22.6 Å². The van der Waals surface area contributed by atoms with E-state index >= 15 is 0 Å². The van der Waals surface area contributed by atoms with Gasteiger partial charge in [0, 0.05) is 18.2 Å². The summed E-state index contributed by atoms with van der Waals surface area (Å²) in [6.07, 6.45) is 1.45. The number of ether oxygens (including phenoxy) is 1. The van der Waals surface area contributed by atoms with Gasteiger partial charge in [-0.25, -0.2) is 10.1 Å². The van der Waals surface area contributed by atoms with Crippen LogP contribution in [0.25, 0.3) is 17.1 Å². The summed E-state index contributed by atoms with van der Waals surface area (Å²) in [5.41, 5.74) is 10.4. The van der Waals surface area contributed by atoms with Gasteiger partial charge in [-0.05, 0) is 40.1 Å². The van der Waals surface area contributed by atoms with Crippen LogP contribution in [0.1, 0.15) is 23.0 Å². The number of anilines is 2. The van der Waals surface area contributed by atoms with Gasteiger partial charge in [0.25, 0.3) is 5.91 Å². The van der Waals surface area contributed by atoms with Crippen LogP contribution in [0, 0.1) is 0 Å². The van der Waals surface area contributed by atoms with Crippen LogP contribution in [0.5, 0.6) is 5.75 Å². The Kier molecular flexibility index (Phi) is 6.25. The third-order valence-electron chi connectivity index (χ3n) is 4.54. The molecule has 0 saturated heterocycles. The first-order chi connectivity index (χ1) is 16.5. The van der Waals surface area contributed by atoms with E-state index in [9.17, 15) is 9.59 Å². The number of hydrazone groups is 1. The summed E-state index contributed by atoms with van der Waals surface area (Å²) in [5.74, 6) is -0.181. The Morgan fingerprint density at radius 3 is 2.65 bits per heavy atom. The minimum atomic E-state index is -0.620. The Labute approximate surface area is 192 Å². The van der Waals surface area contributed by atoms with Gasteiger partial charge >= 0.3 is 0 Å². The van der Waals surface area contributed by atoms with E-state index < -0.39 is 5.91 Å². The molecular weight excluding hydrogens is 442 g/mol. The minimum absolute atomic E-state index is 0.0262. The second kappa shape index (κ2) is 9.60. The van der Waals surface area contributed by atoms with E-state index in [-0.39, 0.29) is 28.9 Å². The zero-order chi connectivity index (χ0) is 24.1. The molecule has 13 heteroatoms. The molecule has 2 amide bonds. The van der Waals surface area contributed by atoms with E-state index in [4.69, 9.17) is 10.5 Å². The number of carbonyl (C=O) groups is 2. The summed E-state index contributed by atoms with van der Waals surface area (Å²) in [7, 11) is 1.53. The Morgan fingerprint density at radius 2 is 1.97 bits per heavy atom. The van der Waals surface area contributed by atoms with Crippen molar-refractivity contribution in [3.8, 4) is 22.8 Å². The number of benzene rings is 2. The molecule has 0 aliphatic heterocycles. The highest BCUT2D eigenvalue weighted by Gasteiger charge is 2.25. The van der Waals surface area contributed by atoms with Crippen LogP contribution in [0.2, 0.25) is 0 Å². The van der Waals surface area contributed by atoms with Crippen LogP contribution in [0.4, 0.5) is 11.5 Å². The fourth-order valence-corrected chi connectivity index (χ4v) is 3.02. The molecule has 0 saturated carbocycles. The molecule has 4 rings (SSSR count). The molecular formula is C21H19N9O4. The van der Waals surface area contributed by atoms with Crippen molar-refractivity contribution >= 4 is 29.5 Å². The maximum Gasteiger partial charge on any atom is 0.294 e. The molecule has 34 heavy (non-hydrogen) atoms. The molecule has 0 aliphatic carbocycles. The third kappa shape index (κ3) is 4.72. The number of nitrogens with zero attached hydrogens (tertiary/aromatic N) is 6. The summed E-state index contributed by atoms with van der Waals surface area (Å²) in [6, 6.07) is 13.9. The standard InChI is InChI=1S/C21H19N9O4/c1-12(31)24-15-8-6-13(7-9-15)11-23-26-21(32)17-18(14-4-3-5-16(10-14)33-2)30(29-25-17)20-19(22)27-34-28-20/h3-11H,1-2H3,(H2,22,27)(H,24,31)(H,26,32)/b23-11-. The van der Waals surface area contributed by atoms with Gasteiger partial charge in [0.05, 0.1) is 13.3 Å². The average Bonchev–Trinajstić information content (AvgIpc) is 3.45. The first-order valence-corrected chi connectivity index (χ1v) is 9.86. The summed E-state index contributed by atoms with van der Waals surface area (Å²) in [5, 5.41) is 21.9. The number of hydrogen-bond acceptors (Lipinski definition) is 10. The van der Waals surface area contributed by atoms with Crippen LogP contribution >= 0.6 is 0 Å². The fourth-order valence-electron chi connectivity index (χ4n) is 3.02. The highest BCUT2D eigenvalue weighted by Crippen LogP contribution is 2.28. The van der Waals surface area contributed by atoms with Crippen molar-refractivity contribution in [2.75, 3.05) is 18.2 Å². The van der Waals surface area contributed by atoms with Crippen LogP contribution in [0.3, 0.4) is 0 Å². The van der Waals surface area contributed by atoms with Crippen LogP contribution in [-0.4, -0.2) is 50.4 Å². The van der Waals surface area contributed by atoms with Gasteiger partial charge in [-0.3, -0.25) is 9.59 Å². The molecule has 2 heterocycles. The first-order valence-electron chi connectivity index (χ1n) is 9.86. The second-order valence-corrected chi connectivity index (χ2v) is 6.91. The van der Waals surface area contributed by atoms with Gasteiger partial charge in [-0.1, -0.05) is 29.5 Å². The van der Waals surface area contributed by atoms with Crippen molar-refractivity contribution < 1.29 is 19.0 Å². The number of nitrogens with two attached hydrogens (primary N) is 1. The summed E-state index contributed by atoms with van der Waals surface area (Å²) in [6.45, 7) is 1.42. The SMILES string of the molecule is COc1cccc(-c2c(C(=O)N/N=C\c3ccc(NC(C)=O)cc3)nnn2-c2nonc2N)c1. The van der Waals surface area contributed by atoms with Gasteiger partial charge in [-0.2, -0.15) is 9.78 Å². The van der Waals surface area contributed by atoms with Crippen molar-refractivity contribution in [1.82, 2.24) is 30.7 Å². The lowest BCUT2D eigenvalue weighted by Gasteiger charge is -2.07. The normalized spacial score (nSPS) is 10.9. The van der Waals surface area contributed by atoms with E-state index in [2.05, 4.69) is 41.1 Å². The van der Waals surface area contributed by atoms with E-state index in [1.165, 1.54) is 24.9 Å². The molecule has 2 aromatic heterocycles. The molecule has 0 aliphatic rings. The van der Waals surface area contributed by atoms with Gasteiger partial charge in [-0.15, -0.1) is 5.10 Å². The number of methoxy groups -OCH3 is 1. The first kappa shape index (κ1) is 22.1. The molecule has 0 spiro atoms.